The first-order valence-corrected chi connectivity index (χ1v) is 8.16. The lowest BCUT2D eigenvalue weighted by Crippen LogP contribution is -2.45. The van der Waals surface area contributed by atoms with Crippen molar-refractivity contribution in [3.8, 4) is 0 Å². The number of nitrogens with one attached hydrogen (secondary N) is 1. The van der Waals surface area contributed by atoms with Gasteiger partial charge < -0.3 is 15.3 Å². The summed E-state index contributed by atoms with van der Waals surface area (Å²) in [6.07, 6.45) is 8.23. The lowest BCUT2D eigenvalue weighted by molar-refractivity contribution is -0.136. The molecule has 1 aliphatic heterocycles. The Kier molecular flexibility index (Phi) is 6.66. The van der Waals surface area contributed by atoms with Gasteiger partial charge in [-0.2, -0.15) is 0 Å². The van der Waals surface area contributed by atoms with Crippen LogP contribution in [0.1, 0.15) is 37.7 Å². The summed E-state index contributed by atoms with van der Waals surface area (Å²) in [6, 6.07) is 9.91. The molecule has 2 N–H and O–H groups in total. The monoisotopic (exact) mass is 316 g/mol. The number of amides is 2. The number of carboxylic acid groups (broad SMARTS) is 1. The Balaban J connectivity index is 1.99. The summed E-state index contributed by atoms with van der Waals surface area (Å²) in [7, 11) is 0. The standard InChI is InChI=1S/C18H24N2O3/c21-17(22)12-13-19-18(23)20-14-6-2-5-9-16(20)11-10-15-7-3-1-4-8-15/h1,3-4,7-8,10-11,16H,2,5-6,9,12-14H2,(H,19,23)(H,21,22)/b11-10+. The first-order valence-electron chi connectivity index (χ1n) is 8.16. The van der Waals surface area contributed by atoms with Gasteiger partial charge in [-0.3, -0.25) is 4.79 Å². The summed E-state index contributed by atoms with van der Waals surface area (Å²) in [5, 5.41) is 11.4. The van der Waals surface area contributed by atoms with Crippen LogP contribution in [0.25, 0.3) is 6.08 Å². The molecule has 0 spiro atoms. The molecule has 1 atom stereocenters. The number of benzene rings is 1. The molecule has 0 aliphatic carbocycles. The molecule has 2 rings (SSSR count). The van der Waals surface area contributed by atoms with E-state index in [2.05, 4.69) is 11.4 Å². The lowest BCUT2D eigenvalue weighted by Gasteiger charge is -2.28. The maximum absolute atomic E-state index is 12.3. The van der Waals surface area contributed by atoms with Gasteiger partial charge in [0.05, 0.1) is 12.5 Å². The summed E-state index contributed by atoms with van der Waals surface area (Å²) in [6.45, 7) is 0.877. The van der Waals surface area contributed by atoms with Gasteiger partial charge in [-0.15, -0.1) is 0 Å². The molecule has 0 radical (unpaired) electrons. The van der Waals surface area contributed by atoms with Crippen molar-refractivity contribution in [3.05, 3.63) is 42.0 Å². The van der Waals surface area contributed by atoms with Gasteiger partial charge in [0, 0.05) is 13.1 Å². The third-order valence-corrected chi connectivity index (χ3v) is 3.99. The van der Waals surface area contributed by atoms with Crippen LogP contribution in [0.2, 0.25) is 0 Å². The largest absolute Gasteiger partial charge is 0.481 e. The van der Waals surface area contributed by atoms with Crippen LogP contribution in [0, 0.1) is 0 Å². The molecular formula is C18H24N2O3. The van der Waals surface area contributed by atoms with Crippen LogP contribution in [0.5, 0.6) is 0 Å². The third kappa shape index (κ3) is 5.77. The summed E-state index contributed by atoms with van der Waals surface area (Å²) < 4.78 is 0. The minimum atomic E-state index is -0.901. The zero-order valence-corrected chi connectivity index (χ0v) is 13.3. The molecule has 1 aromatic rings. The Morgan fingerprint density at radius 1 is 1.22 bits per heavy atom. The molecule has 1 heterocycles. The number of carboxylic acids is 1. The molecule has 1 fully saturated rings. The van der Waals surface area contributed by atoms with Crippen LogP contribution < -0.4 is 5.32 Å². The van der Waals surface area contributed by atoms with E-state index in [0.29, 0.717) is 6.54 Å². The van der Waals surface area contributed by atoms with Crippen LogP contribution in [-0.2, 0) is 4.79 Å². The molecule has 1 aliphatic rings. The summed E-state index contributed by atoms with van der Waals surface area (Å²) in [5.41, 5.74) is 1.11. The number of carbonyl (C=O) groups excluding carboxylic acids is 1. The Hall–Kier alpha value is -2.30. The summed E-state index contributed by atoms with van der Waals surface area (Å²) >= 11 is 0. The fourth-order valence-electron chi connectivity index (χ4n) is 2.75. The van der Waals surface area contributed by atoms with Gasteiger partial charge in [-0.25, -0.2) is 4.79 Å². The molecule has 0 bridgehead atoms. The van der Waals surface area contributed by atoms with E-state index >= 15 is 0 Å². The fraction of sp³-hybridized carbons (Fsp3) is 0.444. The normalized spacial score (nSPS) is 18.6. The quantitative estimate of drug-likeness (QED) is 0.877. The van der Waals surface area contributed by atoms with Gasteiger partial charge in [0.1, 0.15) is 0 Å². The number of likely N-dealkylation sites (tertiary alicyclic amines) is 1. The minimum Gasteiger partial charge on any atom is -0.481 e. The topological polar surface area (TPSA) is 69.6 Å². The highest BCUT2D eigenvalue weighted by Crippen LogP contribution is 2.19. The molecule has 124 valence electrons. The SMILES string of the molecule is O=C(O)CCNC(=O)N1CCCCCC1/C=C/c1ccccc1. The van der Waals surface area contributed by atoms with Crippen LogP contribution in [-0.4, -0.2) is 41.1 Å². The number of hydrogen-bond acceptors (Lipinski definition) is 2. The molecule has 2 amide bonds. The van der Waals surface area contributed by atoms with Crippen molar-refractivity contribution in [2.24, 2.45) is 0 Å². The molecular weight excluding hydrogens is 292 g/mol. The third-order valence-electron chi connectivity index (χ3n) is 3.99. The van der Waals surface area contributed by atoms with E-state index in [1.807, 2.05) is 41.3 Å². The molecule has 1 aromatic carbocycles. The number of nitrogens with zero attached hydrogens (tertiary/aromatic N) is 1. The van der Waals surface area contributed by atoms with Gasteiger partial charge in [-0.05, 0) is 18.4 Å². The predicted octanol–water partition coefficient (Wildman–Crippen LogP) is 3.13. The highest BCUT2D eigenvalue weighted by atomic mass is 16.4. The summed E-state index contributed by atoms with van der Waals surface area (Å²) in [4.78, 5) is 24.7. The van der Waals surface area contributed by atoms with Gasteiger partial charge in [-0.1, -0.05) is 55.3 Å². The Morgan fingerprint density at radius 3 is 2.74 bits per heavy atom. The number of rotatable bonds is 5. The van der Waals surface area contributed by atoms with Crippen LogP contribution in [0.3, 0.4) is 0 Å². The molecule has 23 heavy (non-hydrogen) atoms. The maximum Gasteiger partial charge on any atom is 0.317 e. The van der Waals surface area contributed by atoms with Crippen LogP contribution >= 0.6 is 0 Å². The zero-order chi connectivity index (χ0) is 16.5. The first-order chi connectivity index (χ1) is 11.2. The molecule has 5 nitrogen and oxygen atoms in total. The van der Waals surface area contributed by atoms with Gasteiger partial charge in [0.2, 0.25) is 0 Å². The van der Waals surface area contributed by atoms with E-state index in [0.717, 1.165) is 31.2 Å². The average Bonchev–Trinajstić information content (AvgIpc) is 2.79. The highest BCUT2D eigenvalue weighted by molar-refractivity contribution is 5.76. The fourth-order valence-corrected chi connectivity index (χ4v) is 2.75. The van der Waals surface area contributed by atoms with E-state index in [4.69, 9.17) is 5.11 Å². The van der Waals surface area contributed by atoms with Gasteiger partial charge >= 0.3 is 12.0 Å². The van der Waals surface area contributed by atoms with Crippen LogP contribution in [0.15, 0.2) is 36.4 Å². The second-order valence-electron chi connectivity index (χ2n) is 5.76. The average molecular weight is 316 g/mol. The minimum absolute atomic E-state index is 0.0515. The van der Waals surface area contributed by atoms with E-state index < -0.39 is 5.97 Å². The van der Waals surface area contributed by atoms with Crippen molar-refractivity contribution in [1.82, 2.24) is 10.2 Å². The number of hydrogen-bond donors (Lipinski definition) is 2. The summed E-state index contributed by atoms with van der Waals surface area (Å²) in [5.74, 6) is -0.901. The number of aliphatic carboxylic acids is 1. The predicted molar refractivity (Wildman–Crippen MR) is 90.1 cm³/mol. The van der Waals surface area contributed by atoms with Crippen molar-refractivity contribution >= 4 is 18.1 Å². The van der Waals surface area contributed by atoms with E-state index in [1.54, 1.807) is 0 Å². The lowest BCUT2D eigenvalue weighted by atomic mass is 10.1. The number of carbonyl (C=O) groups is 2. The van der Waals surface area contributed by atoms with Crippen molar-refractivity contribution in [1.29, 1.82) is 0 Å². The van der Waals surface area contributed by atoms with E-state index in [1.165, 1.54) is 0 Å². The molecule has 0 aromatic heterocycles. The van der Waals surface area contributed by atoms with Crippen LogP contribution in [0.4, 0.5) is 4.79 Å². The van der Waals surface area contributed by atoms with Crippen molar-refractivity contribution in [2.45, 2.75) is 38.1 Å². The van der Waals surface area contributed by atoms with Gasteiger partial charge in [0.15, 0.2) is 0 Å². The smallest absolute Gasteiger partial charge is 0.317 e. The second kappa shape index (κ2) is 8.98. The Labute approximate surface area is 137 Å². The molecule has 1 unspecified atom stereocenters. The highest BCUT2D eigenvalue weighted by Gasteiger charge is 2.23. The first kappa shape index (κ1) is 17.1. The van der Waals surface area contributed by atoms with Crippen molar-refractivity contribution < 1.29 is 14.7 Å². The van der Waals surface area contributed by atoms with E-state index in [9.17, 15) is 9.59 Å². The molecule has 0 saturated carbocycles. The zero-order valence-electron chi connectivity index (χ0n) is 13.3. The number of urea groups is 1. The molecule has 1 saturated heterocycles. The Bertz CT molecular complexity index is 542. The van der Waals surface area contributed by atoms with Crippen molar-refractivity contribution in [3.63, 3.8) is 0 Å². The van der Waals surface area contributed by atoms with Gasteiger partial charge in [0.25, 0.3) is 0 Å². The Morgan fingerprint density at radius 2 is 2.00 bits per heavy atom. The van der Waals surface area contributed by atoms with E-state index in [-0.39, 0.29) is 25.0 Å². The molecule has 5 heteroatoms. The maximum atomic E-state index is 12.3. The van der Waals surface area contributed by atoms with Crippen molar-refractivity contribution in [2.75, 3.05) is 13.1 Å². The second-order valence-corrected chi connectivity index (χ2v) is 5.76.